The molecule has 0 aliphatic rings. The second-order valence-corrected chi connectivity index (χ2v) is 11.3. The lowest BCUT2D eigenvalue weighted by Crippen LogP contribution is -2.52. The average Bonchev–Trinajstić information content (AvgIpc) is 2.84. The fraction of sp³-hybridized carbons (Fsp3) is 0.406. The highest BCUT2D eigenvalue weighted by Gasteiger charge is 2.36. The topological polar surface area (TPSA) is 87.7 Å². The van der Waals surface area contributed by atoms with Crippen LogP contribution in [0.1, 0.15) is 65.1 Å². The monoisotopic (exact) mass is 531 g/mol. The maximum atomic E-state index is 14.0. The lowest BCUT2D eigenvalue weighted by molar-refractivity contribution is -0.140. The van der Waals surface area contributed by atoms with Gasteiger partial charge in [-0.15, -0.1) is 0 Å². The molecule has 0 fully saturated rings. The minimum atomic E-state index is -0.899. The van der Waals surface area contributed by atoms with Crippen molar-refractivity contribution in [1.82, 2.24) is 10.2 Å². The second kappa shape index (κ2) is 12.8. The summed E-state index contributed by atoms with van der Waals surface area (Å²) in [5, 5.41) is 7.86. The number of rotatable bonds is 9. The molecule has 0 saturated heterocycles. The lowest BCUT2D eigenvalue weighted by Gasteiger charge is -2.34. The maximum absolute atomic E-state index is 14.0. The lowest BCUT2D eigenvalue weighted by atomic mass is 9.98. The predicted octanol–water partition coefficient (Wildman–Crippen LogP) is 6.62. The van der Waals surface area contributed by atoms with Crippen LogP contribution >= 0.6 is 0 Å². The van der Waals surface area contributed by atoms with Crippen molar-refractivity contribution in [3.05, 3.63) is 77.9 Å². The third-order valence-electron chi connectivity index (χ3n) is 6.25. The van der Waals surface area contributed by atoms with Gasteiger partial charge in [0.1, 0.15) is 17.7 Å². The highest BCUT2D eigenvalue weighted by atomic mass is 16.6. The van der Waals surface area contributed by atoms with Crippen LogP contribution in [0, 0.1) is 12.8 Å². The van der Waals surface area contributed by atoms with E-state index in [1.165, 1.54) is 4.90 Å². The zero-order chi connectivity index (χ0) is 28.7. The summed E-state index contributed by atoms with van der Waals surface area (Å²) < 4.78 is 5.44. The number of likely N-dealkylation sites (N-methyl/N-ethyl adjacent to an activating group) is 1. The van der Waals surface area contributed by atoms with Crippen LogP contribution in [-0.4, -0.2) is 41.0 Å². The van der Waals surface area contributed by atoms with Gasteiger partial charge in [0, 0.05) is 12.2 Å². The van der Waals surface area contributed by atoms with Crippen molar-refractivity contribution in [2.24, 2.45) is 5.92 Å². The smallest absolute Gasteiger partial charge is 0.408 e. The quantitative estimate of drug-likeness (QED) is 0.325. The molecule has 0 aliphatic carbocycles. The van der Waals surface area contributed by atoms with Crippen LogP contribution in [0.2, 0.25) is 0 Å². The minimum Gasteiger partial charge on any atom is -0.444 e. The standard InChI is InChI=1S/C32H41N3O4/c1-8-35(30(37)27(18-21(2)3)34-31(38)39-32(5,6)7)28(25-15-11-12-22(4)19-25)29(36)33-26-17-16-23-13-9-10-14-24(23)20-26/h9-17,19-21,27-28H,8,18H2,1-7H3,(H,33,36)(H,34,38). The Morgan fingerprint density at radius 2 is 1.62 bits per heavy atom. The first-order valence-corrected chi connectivity index (χ1v) is 13.5. The number of nitrogens with zero attached hydrogens (tertiary/aromatic N) is 1. The van der Waals surface area contributed by atoms with Crippen LogP contribution in [-0.2, 0) is 14.3 Å². The summed E-state index contributed by atoms with van der Waals surface area (Å²) in [6.07, 6.45) is -0.258. The molecular formula is C32H41N3O4. The van der Waals surface area contributed by atoms with E-state index in [9.17, 15) is 14.4 Å². The van der Waals surface area contributed by atoms with Gasteiger partial charge in [0.05, 0.1) is 0 Å². The molecule has 39 heavy (non-hydrogen) atoms. The number of alkyl carbamates (subject to hydrolysis) is 1. The van der Waals surface area contributed by atoms with Crippen molar-refractivity contribution in [2.75, 3.05) is 11.9 Å². The van der Waals surface area contributed by atoms with Gasteiger partial charge < -0.3 is 20.3 Å². The molecule has 2 N–H and O–H groups in total. The Hall–Kier alpha value is -3.87. The van der Waals surface area contributed by atoms with E-state index >= 15 is 0 Å². The number of amides is 3. The fourth-order valence-electron chi connectivity index (χ4n) is 4.60. The molecule has 7 heteroatoms. The molecule has 0 radical (unpaired) electrons. The first-order valence-electron chi connectivity index (χ1n) is 13.5. The molecule has 208 valence electrons. The number of fused-ring (bicyclic) bond motifs is 1. The summed E-state index contributed by atoms with van der Waals surface area (Å²) in [7, 11) is 0. The Balaban J connectivity index is 1.96. The first-order chi connectivity index (χ1) is 18.4. The van der Waals surface area contributed by atoms with E-state index < -0.39 is 23.8 Å². The van der Waals surface area contributed by atoms with Crippen molar-refractivity contribution < 1.29 is 19.1 Å². The van der Waals surface area contributed by atoms with Crippen molar-refractivity contribution in [2.45, 2.75) is 72.6 Å². The van der Waals surface area contributed by atoms with Crippen LogP contribution in [0.25, 0.3) is 10.8 Å². The number of carbonyl (C=O) groups is 3. The molecule has 2 unspecified atom stereocenters. The van der Waals surface area contributed by atoms with Gasteiger partial charge in [0.15, 0.2) is 0 Å². The highest BCUT2D eigenvalue weighted by Crippen LogP contribution is 2.27. The second-order valence-electron chi connectivity index (χ2n) is 11.3. The average molecular weight is 532 g/mol. The number of ether oxygens (including phenoxy) is 1. The van der Waals surface area contributed by atoms with Crippen LogP contribution < -0.4 is 10.6 Å². The Morgan fingerprint density at radius 1 is 0.923 bits per heavy atom. The van der Waals surface area contributed by atoms with Gasteiger partial charge in [0.2, 0.25) is 5.91 Å². The molecule has 0 aromatic heterocycles. The summed E-state index contributed by atoms with van der Waals surface area (Å²) in [6, 6.07) is 19.5. The van der Waals surface area contributed by atoms with Crippen LogP contribution in [0.15, 0.2) is 66.7 Å². The van der Waals surface area contributed by atoms with Gasteiger partial charge >= 0.3 is 6.09 Å². The molecule has 3 aromatic rings. The molecule has 3 amide bonds. The van der Waals surface area contributed by atoms with Crippen LogP contribution in [0.4, 0.5) is 10.5 Å². The van der Waals surface area contributed by atoms with Crippen molar-refractivity contribution in [1.29, 1.82) is 0 Å². The Kier molecular flexibility index (Phi) is 9.73. The van der Waals surface area contributed by atoms with E-state index in [1.807, 2.05) is 94.4 Å². The molecular weight excluding hydrogens is 490 g/mol. The largest absolute Gasteiger partial charge is 0.444 e. The number of carbonyl (C=O) groups excluding carboxylic acids is 3. The van der Waals surface area contributed by atoms with E-state index in [2.05, 4.69) is 10.6 Å². The van der Waals surface area contributed by atoms with E-state index in [1.54, 1.807) is 20.8 Å². The van der Waals surface area contributed by atoms with E-state index in [4.69, 9.17) is 4.74 Å². The molecule has 2 atom stereocenters. The zero-order valence-corrected chi connectivity index (χ0v) is 24.1. The number of nitrogens with one attached hydrogen (secondary N) is 2. The summed E-state index contributed by atoms with van der Waals surface area (Å²) in [4.78, 5) is 42.1. The number of anilines is 1. The Morgan fingerprint density at radius 3 is 2.23 bits per heavy atom. The molecule has 3 aromatic carbocycles. The molecule has 0 bridgehead atoms. The van der Waals surface area contributed by atoms with E-state index in [0.29, 0.717) is 17.7 Å². The minimum absolute atomic E-state index is 0.122. The van der Waals surface area contributed by atoms with Crippen LogP contribution in [0.5, 0.6) is 0 Å². The van der Waals surface area contributed by atoms with Gasteiger partial charge in [-0.3, -0.25) is 9.59 Å². The normalized spacial score (nSPS) is 13.0. The third-order valence-corrected chi connectivity index (χ3v) is 6.25. The first kappa shape index (κ1) is 29.7. The summed E-state index contributed by atoms with van der Waals surface area (Å²) in [5.74, 6) is -0.541. The van der Waals surface area contributed by atoms with Gasteiger partial charge in [-0.2, -0.15) is 0 Å². The van der Waals surface area contributed by atoms with Gasteiger partial charge in [-0.1, -0.05) is 74.0 Å². The number of aryl methyl sites for hydroxylation is 1. The summed E-state index contributed by atoms with van der Waals surface area (Å²) >= 11 is 0. The zero-order valence-electron chi connectivity index (χ0n) is 24.1. The highest BCUT2D eigenvalue weighted by molar-refractivity contribution is 6.00. The van der Waals surface area contributed by atoms with Gasteiger partial charge in [0.25, 0.3) is 5.91 Å². The predicted molar refractivity (Wildman–Crippen MR) is 156 cm³/mol. The number of benzene rings is 3. The SMILES string of the molecule is CCN(C(=O)C(CC(C)C)NC(=O)OC(C)(C)C)C(C(=O)Nc1ccc2ccccc2c1)c1cccc(C)c1. The summed E-state index contributed by atoms with van der Waals surface area (Å²) in [5.41, 5.74) is 1.61. The number of hydrogen-bond donors (Lipinski definition) is 2. The summed E-state index contributed by atoms with van der Waals surface area (Å²) in [6.45, 7) is 13.3. The Bertz CT molecular complexity index is 1310. The Labute approximate surface area is 231 Å². The molecule has 0 heterocycles. The van der Waals surface area contributed by atoms with E-state index in [-0.39, 0.29) is 24.3 Å². The molecule has 7 nitrogen and oxygen atoms in total. The van der Waals surface area contributed by atoms with E-state index in [0.717, 1.165) is 16.3 Å². The van der Waals surface area contributed by atoms with Crippen molar-refractivity contribution in [3.8, 4) is 0 Å². The number of hydrogen-bond acceptors (Lipinski definition) is 4. The van der Waals surface area contributed by atoms with Gasteiger partial charge in [-0.05, 0) is 75.4 Å². The molecule has 0 spiro atoms. The molecule has 0 aliphatic heterocycles. The third kappa shape index (κ3) is 8.31. The van der Waals surface area contributed by atoms with Crippen molar-refractivity contribution >= 4 is 34.4 Å². The van der Waals surface area contributed by atoms with Gasteiger partial charge in [-0.25, -0.2) is 4.79 Å². The maximum Gasteiger partial charge on any atom is 0.408 e. The molecule has 3 rings (SSSR count). The van der Waals surface area contributed by atoms with Crippen molar-refractivity contribution in [3.63, 3.8) is 0 Å². The fourth-order valence-corrected chi connectivity index (χ4v) is 4.60. The molecule has 0 saturated carbocycles. The van der Waals surface area contributed by atoms with Crippen LogP contribution in [0.3, 0.4) is 0 Å².